The highest BCUT2D eigenvalue weighted by Crippen LogP contribution is 2.20. The number of hydrogen-bond donors (Lipinski definition) is 1. The van der Waals surface area contributed by atoms with Gasteiger partial charge in [0.2, 0.25) is 11.8 Å². The number of carbonyl (C=O) groups is 1. The summed E-state index contributed by atoms with van der Waals surface area (Å²) >= 11 is 7.42. The first kappa shape index (κ1) is 14.9. The van der Waals surface area contributed by atoms with Gasteiger partial charge in [0.05, 0.1) is 11.5 Å². The topological polar surface area (TPSA) is 68.0 Å². The minimum Gasteiger partial charge on any atom is -0.340 e. The lowest BCUT2D eigenvalue weighted by Gasteiger charge is -2.06. The fourth-order valence-corrected chi connectivity index (χ4v) is 2.34. The number of amides is 1. The second-order valence-corrected chi connectivity index (χ2v) is 5.63. The molecule has 1 N–H and O–H groups in total. The zero-order chi connectivity index (χ0) is 14.5. The van der Waals surface area contributed by atoms with Crippen LogP contribution in [0.15, 0.2) is 22.7 Å². The fraction of sp³-hybridized carbons (Fsp3) is 0.308. The summed E-state index contributed by atoms with van der Waals surface area (Å²) in [5.74, 6) is 1.89. The van der Waals surface area contributed by atoms with Crippen molar-refractivity contribution in [3.05, 3.63) is 40.5 Å². The van der Waals surface area contributed by atoms with Gasteiger partial charge in [-0.15, -0.1) is 11.8 Å². The number of rotatable bonds is 5. The fourth-order valence-electron chi connectivity index (χ4n) is 1.50. The van der Waals surface area contributed by atoms with Gasteiger partial charge in [-0.2, -0.15) is 4.98 Å². The first-order valence-corrected chi connectivity index (χ1v) is 7.51. The predicted molar refractivity (Wildman–Crippen MR) is 80.0 cm³/mol. The molecular formula is C13H14ClN3O2S. The van der Waals surface area contributed by atoms with Crippen molar-refractivity contribution in [1.29, 1.82) is 0 Å². The van der Waals surface area contributed by atoms with Gasteiger partial charge in [0.15, 0.2) is 5.82 Å². The molecule has 0 fully saturated rings. The van der Waals surface area contributed by atoms with Crippen LogP contribution in [0.2, 0.25) is 5.02 Å². The number of nitrogens with zero attached hydrogens (tertiary/aromatic N) is 2. The first-order valence-electron chi connectivity index (χ1n) is 5.97. The van der Waals surface area contributed by atoms with Crippen LogP contribution in [0.4, 0.5) is 5.69 Å². The highest BCUT2D eigenvalue weighted by Gasteiger charge is 2.07. The van der Waals surface area contributed by atoms with E-state index in [-0.39, 0.29) is 5.91 Å². The molecule has 5 nitrogen and oxygen atoms in total. The molecule has 0 aliphatic carbocycles. The SMILES string of the molecule is Cc1nc(CSCC(=O)Nc2ccc(C)c(Cl)c2)no1. The molecule has 0 aliphatic rings. The normalized spacial score (nSPS) is 10.6. The van der Waals surface area contributed by atoms with E-state index in [1.54, 1.807) is 13.0 Å². The number of thioether (sulfide) groups is 1. The summed E-state index contributed by atoms with van der Waals surface area (Å²) in [6.07, 6.45) is 0. The number of benzene rings is 1. The number of halogens is 1. The van der Waals surface area contributed by atoms with Crippen LogP contribution in [0, 0.1) is 13.8 Å². The Morgan fingerprint density at radius 2 is 2.25 bits per heavy atom. The molecule has 1 amide bonds. The molecule has 0 saturated carbocycles. The van der Waals surface area contributed by atoms with E-state index in [4.69, 9.17) is 16.1 Å². The van der Waals surface area contributed by atoms with Gasteiger partial charge in [0.1, 0.15) is 0 Å². The van der Waals surface area contributed by atoms with Crippen LogP contribution in [0.25, 0.3) is 0 Å². The minimum absolute atomic E-state index is 0.0878. The maximum absolute atomic E-state index is 11.8. The predicted octanol–water partition coefficient (Wildman–Crippen LogP) is 3.21. The maximum Gasteiger partial charge on any atom is 0.234 e. The van der Waals surface area contributed by atoms with Crippen LogP contribution >= 0.6 is 23.4 Å². The van der Waals surface area contributed by atoms with E-state index in [1.165, 1.54) is 11.8 Å². The molecule has 0 saturated heterocycles. The van der Waals surface area contributed by atoms with Crippen molar-refractivity contribution in [2.45, 2.75) is 19.6 Å². The van der Waals surface area contributed by atoms with Gasteiger partial charge in [-0.05, 0) is 24.6 Å². The number of carbonyl (C=O) groups excluding carboxylic acids is 1. The summed E-state index contributed by atoms with van der Waals surface area (Å²) in [7, 11) is 0. The molecular weight excluding hydrogens is 298 g/mol. The highest BCUT2D eigenvalue weighted by atomic mass is 35.5. The van der Waals surface area contributed by atoms with Gasteiger partial charge in [-0.3, -0.25) is 4.79 Å². The maximum atomic E-state index is 11.8. The Bertz CT molecular complexity index is 615. The third-order valence-corrected chi connectivity index (χ3v) is 3.83. The number of anilines is 1. The smallest absolute Gasteiger partial charge is 0.234 e. The Morgan fingerprint density at radius 3 is 2.90 bits per heavy atom. The Kier molecular flexibility index (Phi) is 5.03. The molecule has 0 radical (unpaired) electrons. The summed E-state index contributed by atoms with van der Waals surface area (Å²) in [6, 6.07) is 5.43. The van der Waals surface area contributed by atoms with Gasteiger partial charge in [0, 0.05) is 17.6 Å². The van der Waals surface area contributed by atoms with Gasteiger partial charge >= 0.3 is 0 Å². The zero-order valence-corrected chi connectivity index (χ0v) is 12.7. The van der Waals surface area contributed by atoms with Crippen molar-refractivity contribution in [1.82, 2.24) is 10.1 Å². The van der Waals surface area contributed by atoms with Crippen LogP contribution in [0.1, 0.15) is 17.3 Å². The molecule has 20 heavy (non-hydrogen) atoms. The van der Waals surface area contributed by atoms with Crippen molar-refractivity contribution in [3.63, 3.8) is 0 Å². The Hall–Kier alpha value is -1.53. The van der Waals surface area contributed by atoms with Crippen LogP contribution in [-0.4, -0.2) is 21.8 Å². The third-order valence-electron chi connectivity index (χ3n) is 2.49. The van der Waals surface area contributed by atoms with Crippen molar-refractivity contribution in [3.8, 4) is 0 Å². The molecule has 0 aliphatic heterocycles. The number of aryl methyl sites for hydroxylation is 2. The molecule has 0 atom stereocenters. The highest BCUT2D eigenvalue weighted by molar-refractivity contribution is 7.99. The number of aromatic nitrogens is 2. The molecule has 1 heterocycles. The summed E-state index contributed by atoms with van der Waals surface area (Å²) in [5, 5.41) is 7.19. The summed E-state index contributed by atoms with van der Waals surface area (Å²) < 4.78 is 4.85. The van der Waals surface area contributed by atoms with Gasteiger partial charge < -0.3 is 9.84 Å². The van der Waals surface area contributed by atoms with Gasteiger partial charge in [-0.1, -0.05) is 22.8 Å². The summed E-state index contributed by atoms with van der Waals surface area (Å²) in [5.41, 5.74) is 1.67. The van der Waals surface area contributed by atoms with E-state index >= 15 is 0 Å². The monoisotopic (exact) mass is 311 g/mol. The third kappa shape index (κ3) is 4.25. The Labute approximate surface area is 126 Å². The quantitative estimate of drug-likeness (QED) is 0.918. The van der Waals surface area contributed by atoms with Crippen LogP contribution < -0.4 is 5.32 Å². The molecule has 7 heteroatoms. The van der Waals surface area contributed by atoms with Crippen LogP contribution in [0.5, 0.6) is 0 Å². The van der Waals surface area contributed by atoms with Crippen LogP contribution in [-0.2, 0) is 10.5 Å². The molecule has 2 rings (SSSR count). The minimum atomic E-state index is -0.0878. The van der Waals surface area contributed by atoms with E-state index in [9.17, 15) is 4.79 Å². The lowest BCUT2D eigenvalue weighted by atomic mass is 10.2. The second-order valence-electron chi connectivity index (χ2n) is 4.23. The largest absolute Gasteiger partial charge is 0.340 e. The van der Waals surface area contributed by atoms with Gasteiger partial charge in [0.25, 0.3) is 0 Å². The molecule has 0 unspecified atom stereocenters. The van der Waals surface area contributed by atoms with E-state index in [0.717, 1.165) is 5.56 Å². The van der Waals surface area contributed by atoms with Crippen LogP contribution in [0.3, 0.4) is 0 Å². The lowest BCUT2D eigenvalue weighted by Crippen LogP contribution is -2.14. The van der Waals surface area contributed by atoms with E-state index in [2.05, 4.69) is 15.5 Å². The second kappa shape index (κ2) is 6.76. The summed E-state index contributed by atoms with van der Waals surface area (Å²) in [6.45, 7) is 3.64. The lowest BCUT2D eigenvalue weighted by molar-refractivity contribution is -0.113. The average molecular weight is 312 g/mol. The summed E-state index contributed by atoms with van der Waals surface area (Å²) in [4.78, 5) is 15.8. The molecule has 0 bridgehead atoms. The first-order chi connectivity index (χ1) is 9.54. The Balaban J connectivity index is 1.79. The molecule has 2 aromatic rings. The molecule has 106 valence electrons. The number of hydrogen-bond acceptors (Lipinski definition) is 5. The molecule has 0 spiro atoms. The standard InChI is InChI=1S/C13H14ClN3O2S/c1-8-3-4-10(5-11(8)14)16-13(18)7-20-6-12-15-9(2)19-17-12/h3-5H,6-7H2,1-2H3,(H,16,18). The molecule has 1 aromatic heterocycles. The van der Waals surface area contributed by atoms with Gasteiger partial charge in [-0.25, -0.2) is 0 Å². The van der Waals surface area contributed by atoms with Crippen molar-refractivity contribution >= 4 is 35.0 Å². The van der Waals surface area contributed by atoms with Crippen molar-refractivity contribution < 1.29 is 9.32 Å². The zero-order valence-electron chi connectivity index (χ0n) is 11.1. The van der Waals surface area contributed by atoms with E-state index in [1.807, 2.05) is 19.1 Å². The van der Waals surface area contributed by atoms with E-state index < -0.39 is 0 Å². The average Bonchev–Trinajstić information content (AvgIpc) is 2.80. The Morgan fingerprint density at radius 1 is 1.45 bits per heavy atom. The van der Waals surface area contributed by atoms with E-state index in [0.29, 0.717) is 33.9 Å². The number of nitrogens with one attached hydrogen (secondary N) is 1. The molecule has 1 aromatic carbocycles. The van der Waals surface area contributed by atoms with Crippen molar-refractivity contribution in [2.75, 3.05) is 11.1 Å². The van der Waals surface area contributed by atoms with Crippen molar-refractivity contribution in [2.24, 2.45) is 0 Å².